The van der Waals surface area contributed by atoms with Crippen molar-refractivity contribution < 1.29 is 9.32 Å². The number of hydrogen-bond acceptors (Lipinski definition) is 6. The van der Waals surface area contributed by atoms with Gasteiger partial charge in [0.05, 0.1) is 22.5 Å². The van der Waals surface area contributed by atoms with Gasteiger partial charge in [0.15, 0.2) is 0 Å². The summed E-state index contributed by atoms with van der Waals surface area (Å²) in [5.41, 5.74) is 4.32. The van der Waals surface area contributed by atoms with Crippen molar-refractivity contribution in [3.63, 3.8) is 0 Å². The Kier molecular flexibility index (Phi) is 5.64. The summed E-state index contributed by atoms with van der Waals surface area (Å²) >= 11 is 0. The summed E-state index contributed by atoms with van der Waals surface area (Å²) in [4.78, 5) is 27.6. The SMILES string of the molecule is Cc1noc(C)c1-c1cc(CC2CCCN(C(=O)c3cccnc3)CC2)ncn1. The minimum atomic E-state index is 0.0708. The molecule has 29 heavy (non-hydrogen) atoms. The van der Waals surface area contributed by atoms with Gasteiger partial charge in [-0.1, -0.05) is 5.16 Å². The first kappa shape index (κ1) is 19.2. The molecule has 1 unspecified atom stereocenters. The molecule has 0 spiro atoms. The molecule has 1 atom stereocenters. The molecule has 7 heteroatoms. The van der Waals surface area contributed by atoms with Crippen molar-refractivity contribution in [1.82, 2.24) is 25.0 Å². The van der Waals surface area contributed by atoms with Crippen LogP contribution < -0.4 is 0 Å². The van der Waals surface area contributed by atoms with Crippen molar-refractivity contribution in [2.24, 2.45) is 5.92 Å². The molecule has 0 aromatic carbocycles. The van der Waals surface area contributed by atoms with Crippen molar-refractivity contribution in [2.75, 3.05) is 13.1 Å². The van der Waals surface area contributed by atoms with Crippen molar-refractivity contribution in [3.05, 3.63) is 59.6 Å². The van der Waals surface area contributed by atoms with Crippen molar-refractivity contribution in [3.8, 4) is 11.3 Å². The quantitative estimate of drug-likeness (QED) is 0.675. The number of aryl methyl sites for hydroxylation is 2. The summed E-state index contributed by atoms with van der Waals surface area (Å²) in [7, 11) is 0. The average Bonchev–Trinajstić information content (AvgIpc) is 2.93. The average molecular weight is 391 g/mol. The van der Waals surface area contributed by atoms with Crippen molar-refractivity contribution in [1.29, 1.82) is 0 Å². The maximum atomic E-state index is 12.7. The number of nitrogens with zero attached hydrogens (tertiary/aromatic N) is 5. The highest BCUT2D eigenvalue weighted by Gasteiger charge is 2.22. The molecular weight excluding hydrogens is 366 g/mol. The van der Waals surface area contributed by atoms with E-state index in [-0.39, 0.29) is 5.91 Å². The van der Waals surface area contributed by atoms with Gasteiger partial charge in [0.1, 0.15) is 12.1 Å². The number of likely N-dealkylation sites (tertiary alicyclic amines) is 1. The van der Waals surface area contributed by atoms with E-state index in [0.29, 0.717) is 11.5 Å². The zero-order chi connectivity index (χ0) is 20.2. The van der Waals surface area contributed by atoms with Gasteiger partial charge in [-0.2, -0.15) is 0 Å². The van der Waals surface area contributed by atoms with Crippen LogP contribution in [-0.2, 0) is 6.42 Å². The third kappa shape index (κ3) is 4.34. The Balaban J connectivity index is 1.42. The smallest absolute Gasteiger partial charge is 0.255 e. The second kappa shape index (κ2) is 8.51. The molecule has 150 valence electrons. The zero-order valence-corrected chi connectivity index (χ0v) is 16.8. The van der Waals surface area contributed by atoms with E-state index >= 15 is 0 Å². The highest BCUT2D eigenvalue weighted by Crippen LogP contribution is 2.27. The number of pyridine rings is 1. The largest absolute Gasteiger partial charge is 0.361 e. The van der Waals surface area contributed by atoms with Crippen LogP contribution in [0.15, 0.2) is 41.4 Å². The van der Waals surface area contributed by atoms with E-state index < -0.39 is 0 Å². The van der Waals surface area contributed by atoms with E-state index in [1.165, 1.54) is 0 Å². The number of rotatable bonds is 4. The maximum Gasteiger partial charge on any atom is 0.255 e. The van der Waals surface area contributed by atoms with Gasteiger partial charge in [-0.3, -0.25) is 9.78 Å². The third-order valence-electron chi connectivity index (χ3n) is 5.55. The van der Waals surface area contributed by atoms with Gasteiger partial charge in [0.25, 0.3) is 5.91 Å². The molecule has 1 saturated heterocycles. The molecule has 1 amide bonds. The number of aromatic nitrogens is 4. The number of amides is 1. The highest BCUT2D eigenvalue weighted by atomic mass is 16.5. The monoisotopic (exact) mass is 391 g/mol. The van der Waals surface area contributed by atoms with E-state index in [2.05, 4.69) is 20.1 Å². The summed E-state index contributed by atoms with van der Waals surface area (Å²) < 4.78 is 5.27. The summed E-state index contributed by atoms with van der Waals surface area (Å²) in [6.07, 6.45) is 8.88. The van der Waals surface area contributed by atoms with Gasteiger partial charge < -0.3 is 9.42 Å². The predicted octanol–water partition coefficient (Wildman–Crippen LogP) is 3.63. The lowest BCUT2D eigenvalue weighted by Gasteiger charge is -2.20. The molecule has 7 nitrogen and oxygen atoms in total. The first-order valence-electron chi connectivity index (χ1n) is 10.1. The minimum absolute atomic E-state index is 0.0708. The van der Waals surface area contributed by atoms with Crippen LogP contribution in [0.25, 0.3) is 11.3 Å². The summed E-state index contributed by atoms with van der Waals surface area (Å²) in [6.45, 7) is 5.38. The van der Waals surface area contributed by atoms with Crippen LogP contribution in [0, 0.1) is 19.8 Å². The maximum absolute atomic E-state index is 12.7. The summed E-state index contributed by atoms with van der Waals surface area (Å²) in [5.74, 6) is 1.33. The normalized spacial score (nSPS) is 17.2. The molecule has 3 aromatic heterocycles. The van der Waals surface area contributed by atoms with Crippen molar-refractivity contribution in [2.45, 2.75) is 39.5 Å². The summed E-state index contributed by atoms with van der Waals surface area (Å²) in [6, 6.07) is 5.67. The fourth-order valence-corrected chi connectivity index (χ4v) is 4.03. The van der Waals surface area contributed by atoms with Crippen LogP contribution in [0.3, 0.4) is 0 Å². The zero-order valence-electron chi connectivity index (χ0n) is 16.8. The van der Waals surface area contributed by atoms with Gasteiger partial charge in [0.2, 0.25) is 0 Å². The Hall–Kier alpha value is -3.09. The molecule has 3 aromatic rings. The van der Waals surface area contributed by atoms with Crippen LogP contribution in [0.1, 0.15) is 46.8 Å². The van der Waals surface area contributed by atoms with Gasteiger partial charge >= 0.3 is 0 Å². The molecule has 1 aliphatic rings. The Morgan fingerprint density at radius 1 is 1.24 bits per heavy atom. The third-order valence-corrected chi connectivity index (χ3v) is 5.55. The lowest BCUT2D eigenvalue weighted by Crippen LogP contribution is -2.32. The first-order valence-corrected chi connectivity index (χ1v) is 10.1. The Morgan fingerprint density at radius 3 is 2.90 bits per heavy atom. The van der Waals surface area contributed by atoms with E-state index in [1.54, 1.807) is 24.8 Å². The Labute approximate surface area is 170 Å². The number of carbonyl (C=O) groups is 1. The second-order valence-corrected chi connectivity index (χ2v) is 7.63. The van der Waals surface area contributed by atoms with Crippen molar-refractivity contribution >= 4 is 5.91 Å². The lowest BCUT2D eigenvalue weighted by molar-refractivity contribution is 0.0759. The highest BCUT2D eigenvalue weighted by molar-refractivity contribution is 5.93. The lowest BCUT2D eigenvalue weighted by atomic mass is 9.94. The van der Waals surface area contributed by atoms with Crippen LogP contribution in [-0.4, -0.2) is 44.0 Å². The fraction of sp³-hybridized carbons (Fsp3) is 0.409. The topological polar surface area (TPSA) is 85.0 Å². The van der Waals surface area contributed by atoms with Gasteiger partial charge in [-0.05, 0) is 63.6 Å². The second-order valence-electron chi connectivity index (χ2n) is 7.63. The molecule has 0 saturated carbocycles. The fourth-order valence-electron chi connectivity index (χ4n) is 4.03. The molecule has 0 N–H and O–H groups in total. The predicted molar refractivity (Wildman–Crippen MR) is 108 cm³/mol. The van der Waals surface area contributed by atoms with Crippen LogP contribution >= 0.6 is 0 Å². The van der Waals surface area contributed by atoms with Gasteiger partial charge in [-0.25, -0.2) is 9.97 Å². The molecule has 1 fully saturated rings. The van der Waals surface area contributed by atoms with Crippen LogP contribution in [0.2, 0.25) is 0 Å². The van der Waals surface area contributed by atoms with Crippen LogP contribution in [0.5, 0.6) is 0 Å². The van der Waals surface area contributed by atoms with E-state index in [1.807, 2.05) is 30.9 Å². The number of hydrogen-bond donors (Lipinski definition) is 0. The minimum Gasteiger partial charge on any atom is -0.361 e. The van der Waals surface area contributed by atoms with E-state index in [0.717, 1.165) is 67.2 Å². The van der Waals surface area contributed by atoms with E-state index in [9.17, 15) is 4.79 Å². The Morgan fingerprint density at radius 2 is 2.14 bits per heavy atom. The molecule has 4 heterocycles. The number of carbonyl (C=O) groups excluding carboxylic acids is 1. The van der Waals surface area contributed by atoms with E-state index in [4.69, 9.17) is 4.52 Å². The Bertz CT molecular complexity index is 966. The summed E-state index contributed by atoms with van der Waals surface area (Å²) in [5, 5.41) is 4.02. The van der Waals surface area contributed by atoms with Crippen LogP contribution in [0.4, 0.5) is 0 Å². The van der Waals surface area contributed by atoms with Gasteiger partial charge in [-0.15, -0.1) is 0 Å². The molecular formula is C22H25N5O2. The molecule has 0 bridgehead atoms. The first-order chi connectivity index (χ1) is 14.1. The standard InChI is InChI=1S/C22H25N5O2/c1-15-21(16(2)29-26-15)20-12-19(24-14-25-20)11-17-5-4-9-27(10-7-17)22(28)18-6-3-8-23-13-18/h3,6,8,12-14,17H,4-5,7,9-11H2,1-2H3. The molecule has 0 aliphatic carbocycles. The molecule has 4 rings (SSSR count). The molecule has 0 radical (unpaired) electrons. The van der Waals surface area contributed by atoms with Gasteiger partial charge in [0, 0.05) is 31.2 Å². The molecule has 1 aliphatic heterocycles.